The zero-order valence-corrected chi connectivity index (χ0v) is 17.1. The van der Waals surface area contributed by atoms with E-state index in [-0.39, 0.29) is 18.0 Å². The number of aromatic carboxylic acids is 1. The number of pyridine rings is 1. The van der Waals surface area contributed by atoms with Gasteiger partial charge in [0.15, 0.2) is 0 Å². The van der Waals surface area contributed by atoms with Crippen molar-refractivity contribution in [3.05, 3.63) is 77.0 Å². The molecule has 2 heterocycles. The average Bonchev–Trinajstić information content (AvgIpc) is 3.08. The van der Waals surface area contributed by atoms with E-state index < -0.39 is 5.97 Å². The number of hydrogen-bond acceptors (Lipinski definition) is 5. The number of halogens is 1. The molecule has 0 atom stereocenters. The maximum Gasteiger partial charge on any atom is 0.339 e. The van der Waals surface area contributed by atoms with Crippen LogP contribution in [0.15, 0.2) is 48.9 Å². The van der Waals surface area contributed by atoms with Crippen molar-refractivity contribution >= 4 is 36.0 Å². The molecule has 0 aliphatic rings. The van der Waals surface area contributed by atoms with Crippen LogP contribution in [0.2, 0.25) is 0 Å². The summed E-state index contributed by atoms with van der Waals surface area (Å²) in [4.78, 5) is 23.3. The van der Waals surface area contributed by atoms with Crippen LogP contribution in [0.1, 0.15) is 32.9 Å². The number of thioether (sulfide) groups is 1. The van der Waals surface area contributed by atoms with Gasteiger partial charge < -0.3 is 15.4 Å². The zero-order chi connectivity index (χ0) is 19.1. The molecule has 1 aromatic carbocycles. The summed E-state index contributed by atoms with van der Waals surface area (Å²) in [7, 11) is 0. The Morgan fingerprint density at radius 2 is 2.00 bits per heavy atom. The van der Waals surface area contributed by atoms with Gasteiger partial charge in [-0.05, 0) is 30.5 Å². The van der Waals surface area contributed by atoms with Gasteiger partial charge in [0, 0.05) is 29.9 Å². The van der Waals surface area contributed by atoms with Crippen molar-refractivity contribution in [1.29, 1.82) is 0 Å². The molecule has 8 heteroatoms. The smallest absolute Gasteiger partial charge is 0.339 e. The lowest BCUT2D eigenvalue weighted by atomic mass is 10.0. The second-order valence-electron chi connectivity index (χ2n) is 6.16. The van der Waals surface area contributed by atoms with E-state index >= 15 is 0 Å². The van der Waals surface area contributed by atoms with Crippen molar-refractivity contribution in [2.24, 2.45) is 0 Å². The van der Waals surface area contributed by atoms with Crippen LogP contribution in [0, 0.1) is 6.92 Å². The van der Waals surface area contributed by atoms with Gasteiger partial charge in [-0.1, -0.05) is 30.3 Å². The van der Waals surface area contributed by atoms with Crippen molar-refractivity contribution in [3.63, 3.8) is 0 Å². The lowest BCUT2D eigenvalue weighted by Gasteiger charge is -2.10. The van der Waals surface area contributed by atoms with E-state index in [4.69, 9.17) is 0 Å². The Balaban J connectivity index is 0.00000280. The number of anilines is 1. The standard InChI is InChI=1S/C20H22N4O2S.ClH/c1-14-18(24-13-23-14)12-27-8-7-21-19-17(20(25)26)10-16(11-22-19)9-15-5-3-2-4-6-15;/h2-6,10-11,13H,7-9,12H2,1H3,(H,21,22)(H,23,24)(H,25,26);1H. The van der Waals surface area contributed by atoms with Crippen LogP contribution in [0.3, 0.4) is 0 Å². The molecule has 0 fully saturated rings. The summed E-state index contributed by atoms with van der Waals surface area (Å²) in [6.45, 7) is 2.64. The van der Waals surface area contributed by atoms with Crippen LogP contribution in [0.4, 0.5) is 5.82 Å². The van der Waals surface area contributed by atoms with Gasteiger partial charge >= 0.3 is 5.97 Å². The molecule has 0 amide bonds. The Hall–Kier alpha value is -2.51. The van der Waals surface area contributed by atoms with E-state index in [0.717, 1.165) is 34.0 Å². The number of aryl methyl sites for hydroxylation is 1. The molecular weight excluding hydrogens is 396 g/mol. The second-order valence-corrected chi connectivity index (χ2v) is 7.27. The Labute approximate surface area is 174 Å². The molecule has 0 saturated heterocycles. The third-order valence-electron chi connectivity index (χ3n) is 4.14. The molecular formula is C20H23ClN4O2S. The van der Waals surface area contributed by atoms with Gasteiger partial charge in [0.05, 0.1) is 12.0 Å². The SMILES string of the molecule is Cc1[nH]cnc1CSCCNc1ncc(Cc2ccccc2)cc1C(=O)O.Cl. The molecule has 0 unspecified atom stereocenters. The molecule has 0 saturated carbocycles. The largest absolute Gasteiger partial charge is 0.478 e. The van der Waals surface area contributed by atoms with Crippen molar-refractivity contribution in [2.45, 2.75) is 19.1 Å². The van der Waals surface area contributed by atoms with Crippen LogP contribution in [-0.4, -0.2) is 38.3 Å². The predicted molar refractivity (Wildman–Crippen MR) is 116 cm³/mol. The van der Waals surface area contributed by atoms with E-state index in [1.165, 1.54) is 0 Å². The number of nitrogens with one attached hydrogen (secondary N) is 2. The number of aromatic amines is 1. The Morgan fingerprint density at radius 1 is 1.21 bits per heavy atom. The maximum absolute atomic E-state index is 11.6. The van der Waals surface area contributed by atoms with Crippen LogP contribution < -0.4 is 5.32 Å². The minimum Gasteiger partial charge on any atom is -0.478 e. The van der Waals surface area contributed by atoms with Crippen molar-refractivity contribution < 1.29 is 9.90 Å². The number of imidazole rings is 1. The fourth-order valence-electron chi connectivity index (χ4n) is 2.68. The Kier molecular flexibility index (Phi) is 8.35. The number of carbonyl (C=O) groups is 1. The molecule has 0 aliphatic carbocycles. The predicted octanol–water partition coefficient (Wildman–Crippen LogP) is 4.17. The first-order valence-corrected chi connectivity index (χ1v) is 9.85. The van der Waals surface area contributed by atoms with Crippen molar-refractivity contribution in [1.82, 2.24) is 15.0 Å². The van der Waals surface area contributed by atoms with Crippen LogP contribution in [0.25, 0.3) is 0 Å². The summed E-state index contributed by atoms with van der Waals surface area (Å²) >= 11 is 1.74. The fourth-order valence-corrected chi connectivity index (χ4v) is 3.56. The fraction of sp³-hybridized carbons (Fsp3) is 0.250. The van der Waals surface area contributed by atoms with E-state index in [1.807, 2.05) is 37.3 Å². The highest BCUT2D eigenvalue weighted by atomic mass is 35.5. The summed E-state index contributed by atoms with van der Waals surface area (Å²) in [5.74, 6) is 1.10. The summed E-state index contributed by atoms with van der Waals surface area (Å²) in [5, 5.41) is 12.7. The van der Waals surface area contributed by atoms with Gasteiger partial charge in [-0.25, -0.2) is 14.8 Å². The summed E-state index contributed by atoms with van der Waals surface area (Å²) in [6, 6.07) is 11.6. The molecule has 0 aliphatic heterocycles. The van der Waals surface area contributed by atoms with Gasteiger partial charge in [-0.3, -0.25) is 0 Å². The first-order chi connectivity index (χ1) is 13.1. The maximum atomic E-state index is 11.6. The molecule has 0 radical (unpaired) electrons. The first kappa shape index (κ1) is 21.8. The van der Waals surface area contributed by atoms with Crippen LogP contribution >= 0.6 is 24.2 Å². The average molecular weight is 419 g/mol. The third-order valence-corrected chi connectivity index (χ3v) is 5.11. The van der Waals surface area contributed by atoms with Gasteiger partial charge in [0.25, 0.3) is 0 Å². The number of hydrogen-bond donors (Lipinski definition) is 3. The topological polar surface area (TPSA) is 90.9 Å². The lowest BCUT2D eigenvalue weighted by Crippen LogP contribution is -2.12. The van der Waals surface area contributed by atoms with Gasteiger partial charge in [-0.15, -0.1) is 12.4 Å². The number of aromatic nitrogens is 3. The Morgan fingerprint density at radius 3 is 2.68 bits per heavy atom. The van der Waals surface area contributed by atoms with E-state index in [0.29, 0.717) is 18.8 Å². The van der Waals surface area contributed by atoms with Gasteiger partial charge in [0.2, 0.25) is 0 Å². The summed E-state index contributed by atoms with van der Waals surface area (Å²) in [6.07, 6.45) is 4.10. The summed E-state index contributed by atoms with van der Waals surface area (Å²) in [5.41, 5.74) is 4.35. The number of rotatable bonds is 9. The lowest BCUT2D eigenvalue weighted by molar-refractivity contribution is 0.0697. The highest BCUT2D eigenvalue weighted by Crippen LogP contribution is 2.18. The molecule has 0 spiro atoms. The minimum absolute atomic E-state index is 0. The quantitative estimate of drug-likeness (QED) is 0.452. The number of H-pyrrole nitrogens is 1. The van der Waals surface area contributed by atoms with Gasteiger partial charge in [0.1, 0.15) is 11.4 Å². The van der Waals surface area contributed by atoms with E-state index in [9.17, 15) is 9.90 Å². The molecule has 3 N–H and O–H groups in total. The molecule has 2 aromatic heterocycles. The van der Waals surface area contributed by atoms with Crippen LogP contribution in [-0.2, 0) is 12.2 Å². The number of carboxylic acids is 1. The third kappa shape index (κ3) is 6.00. The first-order valence-electron chi connectivity index (χ1n) is 8.70. The molecule has 3 aromatic rings. The number of carboxylic acid groups (broad SMARTS) is 1. The molecule has 0 bridgehead atoms. The monoisotopic (exact) mass is 418 g/mol. The molecule has 6 nitrogen and oxygen atoms in total. The van der Waals surface area contributed by atoms with E-state index in [2.05, 4.69) is 20.3 Å². The van der Waals surface area contributed by atoms with Crippen LogP contribution in [0.5, 0.6) is 0 Å². The second kappa shape index (κ2) is 10.7. The highest BCUT2D eigenvalue weighted by Gasteiger charge is 2.13. The number of benzene rings is 1. The Bertz CT molecular complexity index is 902. The van der Waals surface area contributed by atoms with Crippen molar-refractivity contribution in [2.75, 3.05) is 17.6 Å². The molecule has 28 heavy (non-hydrogen) atoms. The number of nitrogens with zero attached hydrogens (tertiary/aromatic N) is 2. The van der Waals surface area contributed by atoms with Crippen molar-refractivity contribution in [3.8, 4) is 0 Å². The molecule has 3 rings (SSSR count). The van der Waals surface area contributed by atoms with E-state index in [1.54, 1.807) is 30.4 Å². The summed E-state index contributed by atoms with van der Waals surface area (Å²) < 4.78 is 0. The van der Waals surface area contributed by atoms with Gasteiger partial charge in [-0.2, -0.15) is 11.8 Å². The normalized spacial score (nSPS) is 10.3. The molecule has 148 valence electrons. The zero-order valence-electron chi connectivity index (χ0n) is 15.5. The minimum atomic E-state index is -0.972. The highest BCUT2D eigenvalue weighted by molar-refractivity contribution is 7.98.